The number of methoxy groups -OCH3 is 1. The second-order valence-corrected chi connectivity index (χ2v) is 8.30. The number of carbonyl (C=O) groups excluding carboxylic acids is 1. The molecule has 8 heteroatoms. The second-order valence-electron chi connectivity index (χ2n) is 8.30. The number of rotatable bonds is 10. The first-order valence-corrected chi connectivity index (χ1v) is 11.5. The lowest BCUT2D eigenvalue weighted by molar-refractivity contribution is -0.123. The molecule has 8 nitrogen and oxygen atoms in total. The molecule has 1 amide bonds. The minimum atomic E-state index is -0.868. The Labute approximate surface area is 194 Å². The minimum Gasteiger partial charge on any atom is -0.497 e. The molecule has 0 saturated carbocycles. The molecule has 0 spiro atoms. The highest BCUT2D eigenvalue weighted by molar-refractivity contribution is 5.76. The molecule has 2 N–H and O–H groups in total. The fourth-order valence-electron chi connectivity index (χ4n) is 4.16. The summed E-state index contributed by atoms with van der Waals surface area (Å²) in [6, 6.07) is 12.2. The first-order valence-electron chi connectivity index (χ1n) is 11.5. The van der Waals surface area contributed by atoms with Gasteiger partial charge in [-0.2, -0.15) is 0 Å². The topological polar surface area (TPSA) is 89.5 Å². The van der Waals surface area contributed by atoms with E-state index in [2.05, 4.69) is 10.2 Å². The van der Waals surface area contributed by atoms with Gasteiger partial charge in [-0.05, 0) is 67.9 Å². The molecule has 1 fully saturated rings. The number of aliphatic hydroxyl groups excluding tert-OH is 1. The highest BCUT2D eigenvalue weighted by Crippen LogP contribution is 2.33. The van der Waals surface area contributed by atoms with Gasteiger partial charge in [0.15, 0.2) is 11.5 Å². The Hall–Kier alpha value is -2.97. The standard InChI is InChI=1S/C25H32N2O6/c1-30-19-5-7-20(8-6-19)31-13-10-24(28)26-21(17-27-11-2-3-12-27)25(29)18-4-9-22-23(16-18)33-15-14-32-22/h4-9,16,21,25,29H,2-3,10-15,17H2,1H3,(H,26,28)/t21-,25+/m1/s1. The van der Waals surface area contributed by atoms with E-state index in [1.54, 1.807) is 25.3 Å². The van der Waals surface area contributed by atoms with Crippen LogP contribution in [0, 0.1) is 0 Å². The van der Waals surface area contributed by atoms with Crippen LogP contribution in [-0.2, 0) is 4.79 Å². The van der Waals surface area contributed by atoms with Crippen molar-refractivity contribution in [2.75, 3.05) is 46.6 Å². The zero-order chi connectivity index (χ0) is 23.0. The number of nitrogens with one attached hydrogen (secondary N) is 1. The van der Waals surface area contributed by atoms with E-state index in [1.807, 2.05) is 24.3 Å². The van der Waals surface area contributed by atoms with Crippen molar-refractivity contribution in [3.05, 3.63) is 48.0 Å². The zero-order valence-corrected chi connectivity index (χ0v) is 19.0. The summed E-state index contributed by atoms with van der Waals surface area (Å²) < 4.78 is 22.1. The van der Waals surface area contributed by atoms with Gasteiger partial charge in [0.05, 0.1) is 26.2 Å². The van der Waals surface area contributed by atoms with Gasteiger partial charge in [0.2, 0.25) is 5.91 Å². The third-order valence-corrected chi connectivity index (χ3v) is 5.95. The van der Waals surface area contributed by atoms with Crippen LogP contribution < -0.4 is 24.3 Å². The molecule has 2 atom stereocenters. The van der Waals surface area contributed by atoms with Gasteiger partial charge >= 0.3 is 0 Å². The van der Waals surface area contributed by atoms with Crippen molar-refractivity contribution in [1.82, 2.24) is 10.2 Å². The van der Waals surface area contributed by atoms with Crippen LogP contribution in [0.5, 0.6) is 23.0 Å². The predicted octanol–water partition coefficient (Wildman–Crippen LogP) is 2.55. The van der Waals surface area contributed by atoms with Crippen LogP contribution in [0.3, 0.4) is 0 Å². The Bertz CT molecular complexity index is 914. The molecule has 2 aliphatic rings. The maximum Gasteiger partial charge on any atom is 0.223 e. The molecule has 4 rings (SSSR count). The number of benzene rings is 2. The third kappa shape index (κ3) is 6.30. The first kappa shape index (κ1) is 23.2. The molecule has 33 heavy (non-hydrogen) atoms. The van der Waals surface area contributed by atoms with Gasteiger partial charge in [-0.1, -0.05) is 6.07 Å². The van der Waals surface area contributed by atoms with E-state index in [4.69, 9.17) is 18.9 Å². The Kier molecular flexibility index (Phi) is 7.91. The zero-order valence-electron chi connectivity index (χ0n) is 19.0. The Balaban J connectivity index is 1.36. The summed E-state index contributed by atoms with van der Waals surface area (Å²) in [6.45, 7) is 3.77. The first-order chi connectivity index (χ1) is 16.1. The van der Waals surface area contributed by atoms with Crippen LogP contribution in [-0.4, -0.2) is 68.5 Å². The number of hydrogen-bond acceptors (Lipinski definition) is 7. The fraction of sp³-hybridized carbons (Fsp3) is 0.480. The molecule has 0 radical (unpaired) electrons. The van der Waals surface area contributed by atoms with Crippen molar-refractivity contribution in [3.63, 3.8) is 0 Å². The molecule has 0 bridgehead atoms. The fourth-order valence-corrected chi connectivity index (χ4v) is 4.16. The van der Waals surface area contributed by atoms with Gasteiger partial charge in [-0.15, -0.1) is 0 Å². The quantitative estimate of drug-likeness (QED) is 0.568. The average molecular weight is 457 g/mol. The van der Waals surface area contributed by atoms with Crippen LogP contribution in [0.1, 0.15) is 30.9 Å². The molecule has 2 heterocycles. The van der Waals surface area contributed by atoms with Crippen LogP contribution in [0.25, 0.3) is 0 Å². The molecule has 0 aromatic heterocycles. The van der Waals surface area contributed by atoms with E-state index in [9.17, 15) is 9.90 Å². The summed E-state index contributed by atoms with van der Waals surface area (Å²) in [5.41, 5.74) is 0.693. The lowest BCUT2D eigenvalue weighted by atomic mass is 10.0. The Morgan fingerprint density at radius 2 is 1.76 bits per heavy atom. The number of likely N-dealkylation sites (tertiary alicyclic amines) is 1. The van der Waals surface area contributed by atoms with Crippen molar-refractivity contribution in [1.29, 1.82) is 0 Å². The van der Waals surface area contributed by atoms with Gasteiger partial charge in [-0.25, -0.2) is 0 Å². The van der Waals surface area contributed by atoms with E-state index in [0.717, 1.165) is 31.7 Å². The summed E-state index contributed by atoms with van der Waals surface area (Å²) in [4.78, 5) is 15.0. The number of carbonyl (C=O) groups is 1. The maximum absolute atomic E-state index is 12.7. The van der Waals surface area contributed by atoms with Gasteiger partial charge < -0.3 is 34.3 Å². The SMILES string of the molecule is COc1ccc(OCCC(=O)N[C@H](CN2CCCC2)[C@@H](O)c2ccc3c(c2)OCCO3)cc1. The molecule has 0 aliphatic carbocycles. The predicted molar refractivity (Wildman–Crippen MR) is 123 cm³/mol. The monoisotopic (exact) mass is 456 g/mol. The van der Waals surface area contributed by atoms with Crippen LogP contribution in [0.15, 0.2) is 42.5 Å². The summed E-state index contributed by atoms with van der Waals surface area (Å²) in [6.07, 6.45) is 1.59. The van der Waals surface area contributed by atoms with E-state index >= 15 is 0 Å². The maximum atomic E-state index is 12.7. The second kappa shape index (κ2) is 11.2. The molecule has 1 saturated heterocycles. The van der Waals surface area contributed by atoms with Crippen molar-refractivity contribution in [2.45, 2.75) is 31.4 Å². The van der Waals surface area contributed by atoms with E-state index in [-0.39, 0.29) is 18.9 Å². The highest BCUT2D eigenvalue weighted by atomic mass is 16.6. The van der Waals surface area contributed by atoms with Crippen molar-refractivity contribution >= 4 is 5.91 Å². The van der Waals surface area contributed by atoms with Gasteiger partial charge in [0.25, 0.3) is 0 Å². The van der Waals surface area contributed by atoms with E-state index < -0.39 is 12.1 Å². The van der Waals surface area contributed by atoms with Gasteiger partial charge in [-0.3, -0.25) is 4.79 Å². The number of nitrogens with zero attached hydrogens (tertiary/aromatic N) is 1. The summed E-state index contributed by atoms with van der Waals surface area (Å²) in [7, 11) is 1.61. The van der Waals surface area contributed by atoms with Crippen LogP contribution in [0.4, 0.5) is 0 Å². The Morgan fingerprint density at radius 1 is 1.06 bits per heavy atom. The van der Waals surface area contributed by atoms with Crippen molar-refractivity contribution in [2.24, 2.45) is 0 Å². The number of ether oxygens (including phenoxy) is 4. The lowest BCUT2D eigenvalue weighted by Gasteiger charge is -2.29. The van der Waals surface area contributed by atoms with Gasteiger partial charge in [0, 0.05) is 6.54 Å². The van der Waals surface area contributed by atoms with Crippen LogP contribution >= 0.6 is 0 Å². The lowest BCUT2D eigenvalue weighted by Crippen LogP contribution is -2.47. The number of hydrogen-bond donors (Lipinski definition) is 2. The number of amides is 1. The summed E-state index contributed by atoms with van der Waals surface area (Å²) >= 11 is 0. The van der Waals surface area contributed by atoms with Gasteiger partial charge in [0.1, 0.15) is 30.8 Å². The largest absolute Gasteiger partial charge is 0.497 e. The molecular formula is C25H32N2O6. The molecule has 2 aliphatic heterocycles. The Morgan fingerprint density at radius 3 is 2.48 bits per heavy atom. The molecule has 178 valence electrons. The smallest absolute Gasteiger partial charge is 0.223 e. The average Bonchev–Trinajstić information content (AvgIpc) is 3.36. The summed E-state index contributed by atoms with van der Waals surface area (Å²) in [5.74, 6) is 2.56. The molecule has 2 aromatic carbocycles. The van der Waals surface area contributed by atoms with Crippen LogP contribution in [0.2, 0.25) is 0 Å². The molecule has 2 aromatic rings. The molecular weight excluding hydrogens is 424 g/mol. The third-order valence-electron chi connectivity index (χ3n) is 5.95. The molecule has 0 unspecified atom stereocenters. The number of aliphatic hydroxyl groups is 1. The highest BCUT2D eigenvalue weighted by Gasteiger charge is 2.27. The van der Waals surface area contributed by atoms with Crippen molar-refractivity contribution < 1.29 is 28.8 Å². The minimum absolute atomic E-state index is 0.163. The normalized spacial score (nSPS) is 17.3. The van der Waals surface area contributed by atoms with E-state index in [0.29, 0.717) is 42.6 Å². The van der Waals surface area contributed by atoms with Crippen molar-refractivity contribution in [3.8, 4) is 23.0 Å². The summed E-state index contributed by atoms with van der Waals surface area (Å²) in [5, 5.41) is 14.2. The number of fused-ring (bicyclic) bond motifs is 1. The van der Waals surface area contributed by atoms with E-state index in [1.165, 1.54) is 0 Å².